The molecule has 3 fully saturated rings. The van der Waals surface area contributed by atoms with Crippen molar-refractivity contribution in [1.29, 1.82) is 0 Å². The van der Waals surface area contributed by atoms with E-state index in [0.717, 1.165) is 23.2 Å². The van der Waals surface area contributed by atoms with Crippen molar-refractivity contribution >= 4 is 33.5 Å². The quantitative estimate of drug-likeness (QED) is 0.649. The van der Waals surface area contributed by atoms with E-state index in [1.54, 1.807) is 0 Å². The second kappa shape index (κ2) is 4.82. The van der Waals surface area contributed by atoms with Crippen molar-refractivity contribution in [3.05, 3.63) is 29.3 Å². The third-order valence-electron chi connectivity index (χ3n) is 5.32. The number of fused-ring (bicyclic) bond motifs is 1. The first kappa shape index (κ1) is 14.2. The van der Waals surface area contributed by atoms with Crippen LogP contribution in [-0.4, -0.2) is 22.8 Å². The number of hydrogen-bond acceptors (Lipinski definition) is 3. The second-order valence-electron chi connectivity index (χ2n) is 6.83. The number of carbonyl (C=O) groups is 2. The fourth-order valence-electron chi connectivity index (χ4n) is 4.60. The first-order valence-electron chi connectivity index (χ1n) is 7.69. The molecule has 3 aliphatic rings. The molecular formula is C17H18BrNO3. The van der Waals surface area contributed by atoms with Crippen molar-refractivity contribution in [1.82, 2.24) is 0 Å². The van der Waals surface area contributed by atoms with Crippen LogP contribution in [0.25, 0.3) is 0 Å². The molecule has 4 nitrogen and oxygen atoms in total. The van der Waals surface area contributed by atoms with Gasteiger partial charge < -0.3 is 10.1 Å². The molecule has 0 spiro atoms. The van der Waals surface area contributed by atoms with Gasteiger partial charge in [-0.15, -0.1) is 0 Å². The molecule has 6 atom stereocenters. The van der Waals surface area contributed by atoms with Gasteiger partial charge in [-0.1, -0.05) is 22.0 Å². The molecule has 1 aromatic carbocycles. The Labute approximate surface area is 137 Å². The Hall–Kier alpha value is -1.36. The van der Waals surface area contributed by atoms with Gasteiger partial charge in [-0.3, -0.25) is 9.59 Å². The molecule has 2 saturated carbocycles. The number of carbonyl (C=O) groups excluding carboxylic acids is 2. The van der Waals surface area contributed by atoms with Gasteiger partial charge in [-0.25, -0.2) is 0 Å². The number of anilines is 1. The first-order valence-corrected chi connectivity index (χ1v) is 8.61. The number of alkyl halides is 1. The van der Waals surface area contributed by atoms with Gasteiger partial charge in [0.15, 0.2) is 0 Å². The molecule has 1 saturated heterocycles. The monoisotopic (exact) mass is 363 g/mol. The predicted octanol–water partition coefficient (Wildman–Crippen LogP) is 2.81. The lowest BCUT2D eigenvalue weighted by molar-refractivity contribution is -0.145. The highest BCUT2D eigenvalue weighted by molar-refractivity contribution is 9.09. The van der Waals surface area contributed by atoms with Crippen LogP contribution in [0.1, 0.15) is 17.5 Å². The number of rotatable bonds is 2. The molecule has 0 radical (unpaired) electrons. The van der Waals surface area contributed by atoms with Crippen LogP contribution in [0.15, 0.2) is 18.2 Å². The molecule has 116 valence electrons. The van der Waals surface area contributed by atoms with E-state index in [1.165, 1.54) is 0 Å². The number of benzene rings is 1. The van der Waals surface area contributed by atoms with Gasteiger partial charge >= 0.3 is 5.97 Å². The Morgan fingerprint density at radius 2 is 1.91 bits per heavy atom. The molecule has 1 aliphatic heterocycles. The van der Waals surface area contributed by atoms with Crippen LogP contribution in [-0.2, 0) is 14.3 Å². The summed E-state index contributed by atoms with van der Waals surface area (Å²) < 4.78 is 5.45. The minimum absolute atomic E-state index is 0.0345. The van der Waals surface area contributed by atoms with Crippen molar-refractivity contribution in [3.63, 3.8) is 0 Å². The third-order valence-corrected chi connectivity index (χ3v) is 6.52. The standard InChI is InChI=1S/C17H18BrNO3/c1-7-3-8(2)5-9(4-7)19-16(20)12-10-6-11-13(12)17(21)22-15(11)14(10)18/h3-5,10-15H,6H2,1-2H3,(H,19,20). The summed E-state index contributed by atoms with van der Waals surface area (Å²) in [6, 6.07) is 5.99. The Morgan fingerprint density at radius 1 is 1.23 bits per heavy atom. The number of halogens is 1. The Kier molecular flexibility index (Phi) is 3.12. The highest BCUT2D eigenvalue weighted by Gasteiger charge is 2.67. The van der Waals surface area contributed by atoms with Gasteiger partial charge in [0.05, 0.1) is 16.7 Å². The molecule has 5 heteroatoms. The van der Waals surface area contributed by atoms with Crippen LogP contribution in [0.5, 0.6) is 0 Å². The second-order valence-corrected chi connectivity index (χ2v) is 7.88. The minimum atomic E-state index is -0.276. The van der Waals surface area contributed by atoms with Gasteiger partial charge in [-0.2, -0.15) is 0 Å². The average molecular weight is 364 g/mol. The van der Waals surface area contributed by atoms with E-state index in [9.17, 15) is 9.59 Å². The number of ether oxygens (including phenoxy) is 1. The van der Waals surface area contributed by atoms with Crippen molar-refractivity contribution in [3.8, 4) is 0 Å². The van der Waals surface area contributed by atoms with E-state index < -0.39 is 0 Å². The van der Waals surface area contributed by atoms with Gasteiger partial charge in [0, 0.05) is 11.6 Å². The third kappa shape index (κ3) is 1.94. The summed E-state index contributed by atoms with van der Waals surface area (Å²) in [6.07, 6.45) is 0.870. The van der Waals surface area contributed by atoms with Crippen LogP contribution >= 0.6 is 15.9 Å². The number of hydrogen-bond donors (Lipinski definition) is 1. The van der Waals surface area contributed by atoms with E-state index >= 15 is 0 Å². The van der Waals surface area contributed by atoms with E-state index in [2.05, 4.69) is 27.3 Å². The molecule has 4 rings (SSSR count). The summed E-state index contributed by atoms with van der Waals surface area (Å²) in [5, 5.41) is 3.01. The summed E-state index contributed by atoms with van der Waals surface area (Å²) in [5.41, 5.74) is 3.03. The Balaban J connectivity index is 1.59. The fourth-order valence-corrected chi connectivity index (χ4v) is 5.65. The van der Waals surface area contributed by atoms with E-state index in [-0.39, 0.29) is 46.5 Å². The fraction of sp³-hybridized carbons (Fsp3) is 0.529. The zero-order chi connectivity index (χ0) is 15.6. The maximum atomic E-state index is 12.8. The highest BCUT2D eigenvalue weighted by atomic mass is 79.9. The van der Waals surface area contributed by atoms with Crippen LogP contribution < -0.4 is 5.32 Å². The Bertz CT molecular complexity index is 654. The zero-order valence-electron chi connectivity index (χ0n) is 12.5. The number of amides is 1. The van der Waals surface area contributed by atoms with Crippen LogP contribution in [0, 0.1) is 37.5 Å². The topological polar surface area (TPSA) is 55.4 Å². The summed E-state index contributed by atoms with van der Waals surface area (Å²) in [7, 11) is 0. The molecule has 1 aromatic rings. The number of aryl methyl sites for hydroxylation is 2. The molecule has 1 N–H and O–H groups in total. The Morgan fingerprint density at radius 3 is 2.59 bits per heavy atom. The van der Waals surface area contributed by atoms with Crippen LogP contribution in [0.2, 0.25) is 0 Å². The summed E-state index contributed by atoms with van der Waals surface area (Å²) >= 11 is 3.64. The molecule has 1 amide bonds. The molecule has 6 unspecified atom stereocenters. The zero-order valence-corrected chi connectivity index (χ0v) is 14.1. The SMILES string of the molecule is Cc1cc(C)cc(NC(=O)C2C3CC4C(OC(=O)C42)C3Br)c1. The molecule has 0 aromatic heterocycles. The van der Waals surface area contributed by atoms with E-state index in [0.29, 0.717) is 0 Å². The molecular weight excluding hydrogens is 346 g/mol. The summed E-state index contributed by atoms with van der Waals surface area (Å²) in [6.45, 7) is 4.02. The van der Waals surface area contributed by atoms with Crippen molar-refractivity contribution in [2.45, 2.75) is 31.2 Å². The summed E-state index contributed by atoms with van der Waals surface area (Å²) in [5.74, 6) is -0.380. The average Bonchev–Trinajstić information content (AvgIpc) is 3.01. The number of esters is 1. The largest absolute Gasteiger partial charge is 0.461 e. The van der Waals surface area contributed by atoms with E-state index in [4.69, 9.17) is 4.74 Å². The lowest BCUT2D eigenvalue weighted by atomic mass is 9.79. The molecule has 2 aliphatic carbocycles. The normalized spacial score (nSPS) is 38.2. The van der Waals surface area contributed by atoms with Gasteiger partial charge in [0.25, 0.3) is 0 Å². The van der Waals surface area contributed by atoms with Gasteiger partial charge in [0.2, 0.25) is 5.91 Å². The van der Waals surface area contributed by atoms with Crippen molar-refractivity contribution in [2.24, 2.45) is 23.7 Å². The maximum Gasteiger partial charge on any atom is 0.310 e. The van der Waals surface area contributed by atoms with Crippen molar-refractivity contribution < 1.29 is 14.3 Å². The van der Waals surface area contributed by atoms with Crippen LogP contribution in [0.4, 0.5) is 5.69 Å². The van der Waals surface area contributed by atoms with Gasteiger partial charge in [0.1, 0.15) is 6.10 Å². The molecule has 22 heavy (non-hydrogen) atoms. The number of nitrogens with one attached hydrogen (secondary N) is 1. The maximum absolute atomic E-state index is 12.8. The van der Waals surface area contributed by atoms with Crippen molar-refractivity contribution in [2.75, 3.05) is 5.32 Å². The summed E-state index contributed by atoms with van der Waals surface area (Å²) in [4.78, 5) is 25.0. The lowest BCUT2D eigenvalue weighted by Gasteiger charge is -2.27. The lowest BCUT2D eigenvalue weighted by Crippen LogP contribution is -2.40. The van der Waals surface area contributed by atoms with Gasteiger partial charge in [-0.05, 0) is 49.4 Å². The molecule has 2 bridgehead atoms. The first-order chi connectivity index (χ1) is 10.5. The molecule has 1 heterocycles. The highest BCUT2D eigenvalue weighted by Crippen LogP contribution is 2.60. The van der Waals surface area contributed by atoms with E-state index in [1.807, 2.05) is 26.0 Å². The minimum Gasteiger partial charge on any atom is -0.461 e. The smallest absolute Gasteiger partial charge is 0.310 e. The van der Waals surface area contributed by atoms with Crippen LogP contribution in [0.3, 0.4) is 0 Å². The predicted molar refractivity (Wildman–Crippen MR) is 85.7 cm³/mol.